The van der Waals surface area contributed by atoms with Gasteiger partial charge in [0.05, 0.1) is 11.3 Å². The smallest absolute Gasteiger partial charge is 0.187 e. The molecule has 0 bridgehead atoms. The molecule has 0 atom stereocenters. The molecule has 0 aromatic carbocycles. The van der Waals surface area contributed by atoms with Crippen LogP contribution in [0.1, 0.15) is 63.1 Å². The van der Waals surface area contributed by atoms with E-state index in [1.165, 1.54) is 11.1 Å². The van der Waals surface area contributed by atoms with Gasteiger partial charge in [0.1, 0.15) is 16.7 Å². The number of nitrogens with zero attached hydrogens (tertiary/aromatic N) is 5. The highest BCUT2D eigenvalue weighted by Gasteiger charge is 2.26. The standard InChI is InChI=1S/C25H35N7OS/c1-14(2)19-20(18-11-32-22(27-13-28-32)16(4)15(18)3)29-23-21(19)30-24(34-23)31-9-7-17(8-10-31)26-12-25(5,6)33/h11,13-14,17,26,29,33H,7-10,12H2,1-6H3. The van der Waals surface area contributed by atoms with Gasteiger partial charge >= 0.3 is 0 Å². The number of nitrogens with one attached hydrogen (secondary N) is 2. The summed E-state index contributed by atoms with van der Waals surface area (Å²) >= 11 is 1.75. The van der Waals surface area contributed by atoms with Gasteiger partial charge in [0, 0.05) is 43.0 Å². The van der Waals surface area contributed by atoms with E-state index in [4.69, 9.17) is 4.98 Å². The van der Waals surface area contributed by atoms with Gasteiger partial charge < -0.3 is 20.3 Å². The minimum atomic E-state index is -0.675. The first-order valence-corrected chi connectivity index (χ1v) is 13.0. The number of anilines is 1. The maximum absolute atomic E-state index is 9.99. The molecule has 0 aliphatic carbocycles. The van der Waals surface area contributed by atoms with Crippen molar-refractivity contribution < 1.29 is 5.11 Å². The Morgan fingerprint density at radius 1 is 1.24 bits per heavy atom. The molecule has 4 aromatic heterocycles. The lowest BCUT2D eigenvalue weighted by Gasteiger charge is -2.33. The molecule has 5 heterocycles. The van der Waals surface area contributed by atoms with Gasteiger partial charge in [0.15, 0.2) is 10.8 Å². The van der Waals surface area contributed by atoms with Crippen molar-refractivity contribution in [2.75, 3.05) is 24.5 Å². The van der Waals surface area contributed by atoms with E-state index >= 15 is 0 Å². The highest BCUT2D eigenvalue weighted by molar-refractivity contribution is 7.21. The average Bonchev–Trinajstić information content (AvgIpc) is 3.48. The molecule has 0 spiro atoms. The zero-order valence-corrected chi connectivity index (χ0v) is 21.8. The third kappa shape index (κ3) is 4.21. The molecular formula is C25H35N7OS. The second-order valence-corrected chi connectivity index (χ2v) is 11.5. The lowest BCUT2D eigenvalue weighted by molar-refractivity contribution is 0.0752. The first-order chi connectivity index (χ1) is 16.1. The predicted molar refractivity (Wildman–Crippen MR) is 139 cm³/mol. The summed E-state index contributed by atoms with van der Waals surface area (Å²) in [6.07, 6.45) is 5.81. The van der Waals surface area contributed by atoms with E-state index in [2.05, 4.69) is 59.2 Å². The normalized spacial score (nSPS) is 15.9. The van der Waals surface area contributed by atoms with Gasteiger partial charge in [-0.2, -0.15) is 5.10 Å². The summed E-state index contributed by atoms with van der Waals surface area (Å²) in [6.45, 7) is 15.0. The number of aromatic nitrogens is 5. The molecule has 182 valence electrons. The number of rotatable bonds is 6. The lowest BCUT2D eigenvalue weighted by Crippen LogP contribution is -2.46. The van der Waals surface area contributed by atoms with Crippen molar-refractivity contribution in [2.24, 2.45) is 0 Å². The summed E-state index contributed by atoms with van der Waals surface area (Å²) in [5.41, 5.74) is 7.25. The fraction of sp³-hybridized carbons (Fsp3) is 0.560. The molecule has 1 aliphatic rings. The molecule has 3 N–H and O–H groups in total. The van der Waals surface area contributed by atoms with Gasteiger partial charge in [-0.1, -0.05) is 25.2 Å². The van der Waals surface area contributed by atoms with Gasteiger partial charge in [-0.3, -0.25) is 0 Å². The van der Waals surface area contributed by atoms with Gasteiger partial charge in [-0.05, 0) is 57.6 Å². The van der Waals surface area contributed by atoms with Crippen LogP contribution in [0.15, 0.2) is 12.5 Å². The fourth-order valence-corrected chi connectivity index (χ4v) is 5.94. The van der Waals surface area contributed by atoms with Crippen molar-refractivity contribution in [3.05, 3.63) is 29.2 Å². The molecule has 8 nitrogen and oxygen atoms in total. The minimum absolute atomic E-state index is 0.335. The quantitative estimate of drug-likeness (QED) is 0.378. The molecule has 0 saturated carbocycles. The zero-order chi connectivity index (χ0) is 24.2. The highest BCUT2D eigenvalue weighted by atomic mass is 32.1. The Bertz CT molecular complexity index is 1320. The molecule has 1 aliphatic heterocycles. The van der Waals surface area contributed by atoms with Crippen LogP contribution in [0.3, 0.4) is 0 Å². The maximum Gasteiger partial charge on any atom is 0.187 e. The van der Waals surface area contributed by atoms with Gasteiger partial charge in [0.2, 0.25) is 0 Å². The Labute approximate surface area is 204 Å². The summed E-state index contributed by atoms with van der Waals surface area (Å²) in [5, 5.41) is 19.0. The van der Waals surface area contributed by atoms with Crippen molar-refractivity contribution in [1.29, 1.82) is 0 Å². The van der Waals surface area contributed by atoms with E-state index in [1.807, 2.05) is 18.4 Å². The monoisotopic (exact) mass is 481 g/mol. The Balaban J connectivity index is 1.43. The number of aliphatic hydroxyl groups is 1. The van der Waals surface area contributed by atoms with E-state index < -0.39 is 5.60 Å². The Morgan fingerprint density at radius 2 is 1.97 bits per heavy atom. The van der Waals surface area contributed by atoms with Crippen LogP contribution in [-0.4, -0.2) is 60.9 Å². The van der Waals surface area contributed by atoms with Crippen molar-refractivity contribution in [3.8, 4) is 11.3 Å². The molecule has 1 fully saturated rings. The molecule has 4 aromatic rings. The Hall–Kier alpha value is -2.49. The van der Waals surface area contributed by atoms with Gasteiger partial charge in [0.25, 0.3) is 0 Å². The SMILES string of the molecule is Cc1c(-c2[nH]c3sc(N4CCC(NCC(C)(C)O)CC4)nc3c2C(C)C)cn2ncnc2c1C. The molecular weight excluding hydrogens is 446 g/mol. The fourth-order valence-electron chi connectivity index (χ4n) is 4.91. The van der Waals surface area contributed by atoms with E-state index in [1.54, 1.807) is 17.7 Å². The molecule has 9 heteroatoms. The first kappa shape index (κ1) is 23.3. The third-order valence-corrected chi connectivity index (χ3v) is 7.97. The van der Waals surface area contributed by atoms with E-state index in [9.17, 15) is 5.11 Å². The number of pyridine rings is 1. The van der Waals surface area contributed by atoms with Crippen molar-refractivity contribution in [1.82, 2.24) is 29.9 Å². The van der Waals surface area contributed by atoms with Crippen LogP contribution in [0.2, 0.25) is 0 Å². The number of H-pyrrole nitrogens is 1. The van der Waals surface area contributed by atoms with Crippen molar-refractivity contribution >= 4 is 32.5 Å². The Morgan fingerprint density at radius 3 is 2.65 bits per heavy atom. The van der Waals surface area contributed by atoms with E-state index in [0.717, 1.165) is 63.9 Å². The molecule has 5 rings (SSSR count). The topological polar surface area (TPSA) is 94.4 Å². The second kappa shape index (κ2) is 8.62. The van der Waals surface area contributed by atoms with Crippen molar-refractivity contribution in [2.45, 2.75) is 71.9 Å². The van der Waals surface area contributed by atoms with E-state index in [0.29, 0.717) is 18.5 Å². The Kier molecular flexibility index (Phi) is 5.90. The number of hydrogen-bond acceptors (Lipinski definition) is 7. The van der Waals surface area contributed by atoms with Gasteiger partial charge in [-0.25, -0.2) is 14.5 Å². The molecule has 1 saturated heterocycles. The van der Waals surface area contributed by atoms with Crippen molar-refractivity contribution in [3.63, 3.8) is 0 Å². The summed E-state index contributed by atoms with van der Waals surface area (Å²) in [6, 6.07) is 0.447. The second-order valence-electron chi connectivity index (χ2n) is 10.5. The summed E-state index contributed by atoms with van der Waals surface area (Å²) in [5.74, 6) is 0.335. The van der Waals surface area contributed by atoms with Crippen LogP contribution in [0.25, 0.3) is 27.3 Å². The predicted octanol–water partition coefficient (Wildman–Crippen LogP) is 4.40. The number of hydrogen-bond donors (Lipinski definition) is 3. The average molecular weight is 482 g/mol. The molecule has 0 unspecified atom stereocenters. The zero-order valence-electron chi connectivity index (χ0n) is 20.9. The van der Waals surface area contributed by atoms with Crippen LogP contribution in [0, 0.1) is 13.8 Å². The minimum Gasteiger partial charge on any atom is -0.389 e. The van der Waals surface area contributed by atoms with Gasteiger partial charge in [-0.15, -0.1) is 0 Å². The lowest BCUT2D eigenvalue weighted by atomic mass is 9.96. The molecule has 0 radical (unpaired) electrons. The third-order valence-electron chi connectivity index (χ3n) is 6.94. The maximum atomic E-state index is 9.99. The number of aryl methyl sites for hydroxylation is 1. The summed E-state index contributed by atoms with van der Waals surface area (Å²) < 4.78 is 1.87. The number of thiazole rings is 1. The number of aromatic amines is 1. The van der Waals surface area contributed by atoms with Crippen LogP contribution < -0.4 is 10.2 Å². The highest BCUT2D eigenvalue weighted by Crippen LogP contribution is 2.41. The van der Waals surface area contributed by atoms with Crippen LogP contribution in [-0.2, 0) is 0 Å². The van der Waals surface area contributed by atoms with E-state index in [-0.39, 0.29) is 0 Å². The largest absolute Gasteiger partial charge is 0.389 e. The number of fused-ring (bicyclic) bond motifs is 2. The number of piperidine rings is 1. The first-order valence-electron chi connectivity index (χ1n) is 12.2. The molecule has 34 heavy (non-hydrogen) atoms. The summed E-state index contributed by atoms with van der Waals surface area (Å²) in [4.78, 5) is 16.8. The van der Waals surface area contributed by atoms with Crippen LogP contribution >= 0.6 is 11.3 Å². The van der Waals surface area contributed by atoms with Crippen LogP contribution in [0.4, 0.5) is 5.13 Å². The molecule has 0 amide bonds. The summed E-state index contributed by atoms with van der Waals surface area (Å²) in [7, 11) is 0. The van der Waals surface area contributed by atoms with Crippen LogP contribution in [0.5, 0.6) is 0 Å².